The molecule has 0 unspecified atom stereocenters. The van der Waals surface area contributed by atoms with Crippen LogP contribution < -0.4 is 0 Å². The third-order valence-corrected chi connectivity index (χ3v) is 4.23. The monoisotopic (exact) mass is 331 g/mol. The molecule has 1 amide bonds. The zero-order chi connectivity index (χ0) is 16.7. The van der Waals surface area contributed by atoms with E-state index in [1.165, 1.54) is 12.4 Å². The summed E-state index contributed by atoms with van der Waals surface area (Å²) in [5.74, 6) is -0.0156. The molecule has 1 N–H and O–H groups in total. The normalized spacial score (nSPS) is 14.5. The summed E-state index contributed by atoms with van der Waals surface area (Å²) in [6, 6.07) is 5.44. The highest BCUT2D eigenvalue weighted by Crippen LogP contribution is 2.31. The summed E-state index contributed by atoms with van der Waals surface area (Å²) < 4.78 is 26.8. The van der Waals surface area contributed by atoms with E-state index in [1.54, 1.807) is 23.2 Å². The first kappa shape index (κ1) is 14.8. The molecule has 0 radical (unpaired) electrons. The fourth-order valence-electron chi connectivity index (χ4n) is 2.85. The van der Waals surface area contributed by atoms with Gasteiger partial charge in [0.05, 0.1) is 23.8 Å². The summed E-state index contributed by atoms with van der Waals surface area (Å²) in [6.45, 7) is -2.61. The van der Waals surface area contributed by atoms with E-state index >= 15 is 0 Å². The number of carbonyl (C=O) groups excluding carboxylic acids is 1. The second-order valence-corrected chi connectivity index (χ2v) is 5.83. The van der Waals surface area contributed by atoms with E-state index in [2.05, 4.69) is 15.2 Å². The minimum Gasteiger partial charge on any atom is -0.328 e. The van der Waals surface area contributed by atoms with Gasteiger partial charge in [-0.25, -0.2) is 4.98 Å². The van der Waals surface area contributed by atoms with Gasteiger partial charge in [-0.2, -0.15) is 13.9 Å². The highest BCUT2D eigenvalue weighted by molar-refractivity contribution is 6.05. The minimum absolute atomic E-state index is 0.0609. The van der Waals surface area contributed by atoms with Crippen LogP contribution in [0.4, 0.5) is 8.78 Å². The molecule has 124 valence electrons. The number of hydrogen-bond acceptors (Lipinski definition) is 3. The average molecular weight is 331 g/mol. The number of H-pyrrole nitrogens is 1. The Bertz CT molecular complexity index is 883. The zero-order valence-corrected chi connectivity index (χ0v) is 12.7. The molecule has 2 aromatic heterocycles. The molecule has 1 saturated carbocycles. The lowest BCUT2D eigenvalue weighted by Gasteiger charge is -2.23. The van der Waals surface area contributed by atoms with Gasteiger partial charge in [0, 0.05) is 23.8 Å². The van der Waals surface area contributed by atoms with Gasteiger partial charge in [-0.05, 0) is 18.9 Å². The van der Waals surface area contributed by atoms with Gasteiger partial charge in [-0.1, -0.05) is 12.1 Å². The molecule has 2 heterocycles. The van der Waals surface area contributed by atoms with Gasteiger partial charge in [0.2, 0.25) is 0 Å². The van der Waals surface area contributed by atoms with Crippen LogP contribution in [0.15, 0.2) is 36.8 Å². The molecule has 4 rings (SSSR count). The lowest BCUT2D eigenvalue weighted by Crippen LogP contribution is -2.34. The molecular weight excluding hydrogens is 316 g/mol. The van der Waals surface area contributed by atoms with Gasteiger partial charge in [0.25, 0.3) is 5.91 Å². The Labute approximate surface area is 136 Å². The van der Waals surface area contributed by atoms with E-state index in [-0.39, 0.29) is 24.3 Å². The molecule has 0 spiro atoms. The van der Waals surface area contributed by atoms with Gasteiger partial charge < -0.3 is 4.90 Å². The number of aromatic nitrogens is 4. The Morgan fingerprint density at radius 3 is 3.00 bits per heavy atom. The molecule has 0 bridgehead atoms. The molecule has 0 aliphatic heterocycles. The first-order valence-electron chi connectivity index (χ1n) is 7.68. The summed E-state index contributed by atoms with van der Waals surface area (Å²) in [6.07, 6.45) is 5.95. The molecule has 0 atom stereocenters. The van der Waals surface area contributed by atoms with Crippen molar-refractivity contribution in [2.45, 2.75) is 32.0 Å². The summed E-state index contributed by atoms with van der Waals surface area (Å²) in [5.41, 5.74) is 1.15. The second kappa shape index (κ2) is 5.70. The third-order valence-electron chi connectivity index (χ3n) is 4.23. The average Bonchev–Trinajstić information content (AvgIpc) is 3.11. The van der Waals surface area contributed by atoms with E-state index in [0.29, 0.717) is 11.1 Å². The van der Waals surface area contributed by atoms with Crippen LogP contribution in [0, 0.1) is 0 Å². The van der Waals surface area contributed by atoms with Gasteiger partial charge in [0.15, 0.2) is 0 Å². The quantitative estimate of drug-likeness (QED) is 0.781. The highest BCUT2D eigenvalue weighted by Gasteiger charge is 2.35. The summed E-state index contributed by atoms with van der Waals surface area (Å²) in [7, 11) is 0. The molecule has 24 heavy (non-hydrogen) atoms. The number of benzene rings is 1. The van der Waals surface area contributed by atoms with Crippen LogP contribution in [0.2, 0.25) is 0 Å². The molecule has 6 nitrogen and oxygen atoms in total. The smallest absolute Gasteiger partial charge is 0.319 e. The number of nitrogens with one attached hydrogen (secondary N) is 1. The number of halogens is 2. The Morgan fingerprint density at radius 2 is 2.25 bits per heavy atom. The van der Waals surface area contributed by atoms with Crippen LogP contribution >= 0.6 is 0 Å². The number of amides is 1. The maximum absolute atomic E-state index is 13.0. The van der Waals surface area contributed by atoms with E-state index in [0.717, 1.165) is 22.8 Å². The maximum Gasteiger partial charge on any atom is 0.319 e. The molecule has 0 saturated heterocycles. The maximum atomic E-state index is 13.0. The van der Waals surface area contributed by atoms with E-state index < -0.39 is 6.55 Å². The molecule has 1 fully saturated rings. The van der Waals surface area contributed by atoms with Gasteiger partial charge in [0.1, 0.15) is 5.82 Å². The van der Waals surface area contributed by atoms with E-state index in [1.807, 2.05) is 6.07 Å². The van der Waals surface area contributed by atoms with Crippen molar-refractivity contribution in [1.29, 1.82) is 0 Å². The van der Waals surface area contributed by atoms with Gasteiger partial charge >= 0.3 is 6.55 Å². The predicted molar refractivity (Wildman–Crippen MR) is 82.5 cm³/mol. The van der Waals surface area contributed by atoms with Crippen molar-refractivity contribution in [3.05, 3.63) is 48.2 Å². The van der Waals surface area contributed by atoms with Crippen LogP contribution in [0.25, 0.3) is 10.9 Å². The zero-order valence-electron chi connectivity index (χ0n) is 12.7. The SMILES string of the molecule is O=C(c1cccc2cn[nH]c12)N(Cc1nccn1C(F)F)C1CC1. The summed E-state index contributed by atoms with van der Waals surface area (Å²) in [5, 5.41) is 7.64. The first-order chi connectivity index (χ1) is 11.6. The lowest BCUT2D eigenvalue weighted by atomic mass is 10.1. The number of hydrogen-bond donors (Lipinski definition) is 1. The van der Waals surface area contributed by atoms with Crippen molar-refractivity contribution in [3.63, 3.8) is 0 Å². The van der Waals surface area contributed by atoms with Crippen molar-refractivity contribution in [3.8, 4) is 0 Å². The van der Waals surface area contributed by atoms with Crippen LogP contribution in [0.5, 0.6) is 0 Å². The predicted octanol–water partition coefficient (Wildman–Crippen LogP) is 2.96. The number of aromatic amines is 1. The number of carbonyl (C=O) groups is 1. The molecule has 8 heteroatoms. The molecule has 1 aliphatic rings. The number of para-hydroxylation sites is 1. The topological polar surface area (TPSA) is 66.8 Å². The fourth-order valence-corrected chi connectivity index (χ4v) is 2.85. The number of fused-ring (bicyclic) bond motifs is 1. The van der Waals surface area contributed by atoms with E-state index in [9.17, 15) is 13.6 Å². The van der Waals surface area contributed by atoms with Gasteiger partial charge in [-0.3, -0.25) is 14.5 Å². The lowest BCUT2D eigenvalue weighted by molar-refractivity contribution is 0.0584. The van der Waals surface area contributed by atoms with Crippen molar-refractivity contribution >= 4 is 16.8 Å². The first-order valence-corrected chi connectivity index (χ1v) is 7.68. The Morgan fingerprint density at radius 1 is 1.42 bits per heavy atom. The van der Waals surface area contributed by atoms with Gasteiger partial charge in [-0.15, -0.1) is 0 Å². The molecular formula is C16H15F2N5O. The molecule has 1 aliphatic carbocycles. The van der Waals surface area contributed by atoms with Crippen LogP contribution in [-0.4, -0.2) is 36.6 Å². The van der Waals surface area contributed by atoms with E-state index in [4.69, 9.17) is 0 Å². The van der Waals surface area contributed by atoms with Crippen molar-refractivity contribution in [1.82, 2.24) is 24.6 Å². The van der Waals surface area contributed by atoms with Crippen LogP contribution in [0.1, 0.15) is 35.6 Å². The van der Waals surface area contributed by atoms with Crippen molar-refractivity contribution in [2.24, 2.45) is 0 Å². The Kier molecular flexibility index (Phi) is 3.51. The number of nitrogens with zero attached hydrogens (tertiary/aromatic N) is 4. The van der Waals surface area contributed by atoms with Crippen molar-refractivity contribution in [2.75, 3.05) is 0 Å². The second-order valence-electron chi connectivity index (χ2n) is 5.83. The molecule has 1 aromatic carbocycles. The Hall–Kier alpha value is -2.77. The number of alkyl halides is 2. The number of rotatable bonds is 5. The summed E-state index contributed by atoms with van der Waals surface area (Å²) >= 11 is 0. The van der Waals surface area contributed by atoms with Crippen LogP contribution in [0.3, 0.4) is 0 Å². The minimum atomic E-state index is -2.67. The largest absolute Gasteiger partial charge is 0.328 e. The molecule has 3 aromatic rings. The fraction of sp³-hybridized carbons (Fsp3) is 0.312. The Balaban J connectivity index is 1.67. The third kappa shape index (κ3) is 2.53. The van der Waals surface area contributed by atoms with Crippen molar-refractivity contribution < 1.29 is 13.6 Å². The van der Waals surface area contributed by atoms with Crippen LogP contribution in [-0.2, 0) is 6.54 Å². The number of imidazole rings is 1. The standard InChI is InChI=1S/C16H15F2N5O/c17-16(18)22-7-6-19-13(22)9-23(11-4-5-11)15(24)12-3-1-2-10-8-20-21-14(10)12/h1-3,6-8,11,16H,4-5,9H2,(H,20,21). The highest BCUT2D eigenvalue weighted by atomic mass is 19.3. The summed E-state index contributed by atoms with van der Waals surface area (Å²) in [4.78, 5) is 18.6.